The van der Waals surface area contributed by atoms with Crippen LogP contribution in [0, 0.1) is 0 Å². The van der Waals surface area contributed by atoms with Crippen LogP contribution in [0.15, 0.2) is 15.9 Å². The Morgan fingerprint density at radius 3 is 2.90 bits per heavy atom. The van der Waals surface area contributed by atoms with E-state index in [9.17, 15) is 9.59 Å². The topological polar surface area (TPSA) is 61.4 Å². The van der Waals surface area contributed by atoms with Crippen LogP contribution in [-0.2, 0) is 4.79 Å². The molecule has 0 aliphatic carbocycles. The minimum atomic E-state index is -0.504. The minimum absolute atomic E-state index is 0.00304. The predicted molar refractivity (Wildman–Crippen MR) is 87.6 cm³/mol. The smallest absolute Gasteiger partial charge is 0.262 e. The number of likely N-dealkylation sites (N-methyl/N-ethyl adjacent to an activating group) is 1. The van der Waals surface area contributed by atoms with Crippen LogP contribution in [0.4, 0.5) is 0 Å². The number of amides is 2. The van der Waals surface area contributed by atoms with Crippen molar-refractivity contribution in [2.75, 3.05) is 20.1 Å². The number of carbonyl (C=O) groups is 2. The molecule has 1 aliphatic heterocycles. The zero-order valence-corrected chi connectivity index (χ0v) is 14.6. The van der Waals surface area contributed by atoms with Gasteiger partial charge in [0.25, 0.3) is 5.91 Å². The van der Waals surface area contributed by atoms with E-state index in [0.717, 1.165) is 29.7 Å². The molecule has 2 N–H and O–H groups in total. The maximum absolute atomic E-state index is 12.5. The van der Waals surface area contributed by atoms with Gasteiger partial charge >= 0.3 is 0 Å². The third kappa shape index (κ3) is 4.05. The number of hydrogen-bond acceptors (Lipinski definition) is 4. The second kappa shape index (κ2) is 7.38. The molecule has 2 rings (SSSR count). The van der Waals surface area contributed by atoms with Crippen LogP contribution in [-0.4, -0.2) is 48.9 Å². The summed E-state index contributed by atoms with van der Waals surface area (Å²) in [5.41, 5.74) is 0. The lowest BCUT2D eigenvalue weighted by Gasteiger charge is -2.27. The summed E-state index contributed by atoms with van der Waals surface area (Å²) in [6, 6.07) is 3.31. The van der Waals surface area contributed by atoms with Crippen molar-refractivity contribution in [1.82, 2.24) is 15.5 Å². The van der Waals surface area contributed by atoms with Gasteiger partial charge in [-0.3, -0.25) is 9.59 Å². The van der Waals surface area contributed by atoms with E-state index >= 15 is 0 Å². The van der Waals surface area contributed by atoms with Gasteiger partial charge in [0.1, 0.15) is 6.04 Å². The zero-order chi connectivity index (χ0) is 15.4. The van der Waals surface area contributed by atoms with E-state index in [4.69, 9.17) is 0 Å². The van der Waals surface area contributed by atoms with Crippen molar-refractivity contribution in [1.29, 1.82) is 0 Å². The Bertz CT molecular complexity index is 520. The van der Waals surface area contributed by atoms with Crippen molar-refractivity contribution in [2.45, 2.75) is 31.8 Å². The predicted octanol–water partition coefficient (Wildman–Crippen LogP) is 1.84. The van der Waals surface area contributed by atoms with Crippen molar-refractivity contribution >= 4 is 39.1 Å². The molecular weight excluding hydrogens is 354 g/mol. The van der Waals surface area contributed by atoms with E-state index in [-0.39, 0.29) is 17.9 Å². The lowest BCUT2D eigenvalue weighted by molar-refractivity contribution is -0.133. The van der Waals surface area contributed by atoms with Gasteiger partial charge in [-0.2, -0.15) is 0 Å². The monoisotopic (exact) mass is 373 g/mol. The van der Waals surface area contributed by atoms with Crippen LogP contribution in [0.3, 0.4) is 0 Å². The highest BCUT2D eigenvalue weighted by Crippen LogP contribution is 2.22. The molecule has 1 aromatic heterocycles. The number of hydrogen-bond donors (Lipinski definition) is 2. The first kappa shape index (κ1) is 16.5. The molecule has 0 saturated carbocycles. The van der Waals surface area contributed by atoms with Gasteiger partial charge in [-0.1, -0.05) is 0 Å². The van der Waals surface area contributed by atoms with Gasteiger partial charge in [0.2, 0.25) is 5.91 Å². The number of thiophene rings is 1. The second-order valence-electron chi connectivity index (χ2n) is 5.18. The molecule has 7 heteroatoms. The molecule has 0 spiro atoms. The first-order chi connectivity index (χ1) is 10.0. The summed E-state index contributed by atoms with van der Waals surface area (Å²) in [5.74, 6) is -0.201. The summed E-state index contributed by atoms with van der Waals surface area (Å²) >= 11 is 4.69. The minimum Gasteiger partial charge on any atom is -0.340 e. The number of nitrogens with one attached hydrogen (secondary N) is 2. The van der Waals surface area contributed by atoms with E-state index in [0.29, 0.717) is 4.88 Å². The van der Waals surface area contributed by atoms with Gasteiger partial charge in [0.15, 0.2) is 0 Å². The van der Waals surface area contributed by atoms with Crippen molar-refractivity contribution in [2.24, 2.45) is 0 Å². The average Bonchev–Trinajstić information content (AvgIpc) is 3.07. The Labute approximate surface area is 137 Å². The van der Waals surface area contributed by atoms with Crippen molar-refractivity contribution in [3.05, 3.63) is 20.8 Å². The molecule has 0 radical (unpaired) electrons. The molecule has 0 bridgehead atoms. The van der Waals surface area contributed by atoms with Gasteiger partial charge in [-0.15, -0.1) is 11.3 Å². The first-order valence-corrected chi connectivity index (χ1v) is 8.65. The molecule has 1 fully saturated rings. The van der Waals surface area contributed by atoms with Crippen LogP contribution < -0.4 is 10.6 Å². The summed E-state index contributed by atoms with van der Waals surface area (Å²) in [5, 5.41) is 5.91. The van der Waals surface area contributed by atoms with Crippen molar-refractivity contribution in [3.63, 3.8) is 0 Å². The maximum atomic E-state index is 12.5. The third-order valence-electron chi connectivity index (χ3n) is 3.61. The quantitative estimate of drug-likeness (QED) is 0.827. The van der Waals surface area contributed by atoms with Crippen LogP contribution in [0.5, 0.6) is 0 Å². The Hall–Kier alpha value is -0.920. The van der Waals surface area contributed by atoms with Gasteiger partial charge in [0.05, 0.1) is 8.66 Å². The van der Waals surface area contributed by atoms with Crippen LogP contribution >= 0.6 is 27.3 Å². The summed E-state index contributed by atoms with van der Waals surface area (Å²) in [6.07, 6.45) is 2.04. The standard InChI is InChI=1S/C14H20BrN3O2S/c1-9(17-13(19)11-5-6-12(15)21-11)14(20)18-7-3-4-10(18)8-16-2/h5-6,9-10,16H,3-4,7-8H2,1-2H3,(H,17,19). The first-order valence-electron chi connectivity index (χ1n) is 7.04. The SMILES string of the molecule is CNCC1CCCN1C(=O)C(C)NC(=O)c1ccc(Br)s1. The lowest BCUT2D eigenvalue weighted by atomic mass is 10.2. The highest BCUT2D eigenvalue weighted by molar-refractivity contribution is 9.11. The fraction of sp³-hybridized carbons (Fsp3) is 0.571. The zero-order valence-electron chi connectivity index (χ0n) is 12.2. The van der Waals surface area contributed by atoms with Gasteiger partial charge in [-0.05, 0) is 54.9 Å². The van der Waals surface area contributed by atoms with E-state index in [1.165, 1.54) is 11.3 Å². The highest BCUT2D eigenvalue weighted by atomic mass is 79.9. The van der Waals surface area contributed by atoms with Gasteiger partial charge < -0.3 is 15.5 Å². The van der Waals surface area contributed by atoms with E-state index in [1.807, 2.05) is 18.0 Å². The second-order valence-corrected chi connectivity index (χ2v) is 7.65. The molecule has 21 heavy (non-hydrogen) atoms. The number of rotatable bonds is 5. The molecule has 2 unspecified atom stereocenters. The Morgan fingerprint density at radius 1 is 1.52 bits per heavy atom. The van der Waals surface area contributed by atoms with Crippen LogP contribution in [0.25, 0.3) is 0 Å². The summed E-state index contributed by atoms with van der Waals surface area (Å²) < 4.78 is 0.903. The largest absolute Gasteiger partial charge is 0.340 e. The van der Waals surface area contributed by atoms with Crippen molar-refractivity contribution in [3.8, 4) is 0 Å². The third-order valence-corrected chi connectivity index (χ3v) is 5.24. The number of likely N-dealkylation sites (tertiary alicyclic amines) is 1. The lowest BCUT2D eigenvalue weighted by Crippen LogP contribution is -2.50. The molecule has 2 amide bonds. The maximum Gasteiger partial charge on any atom is 0.262 e. The average molecular weight is 374 g/mol. The molecule has 1 saturated heterocycles. The molecule has 1 aliphatic rings. The van der Waals surface area contributed by atoms with E-state index in [2.05, 4.69) is 26.6 Å². The number of halogens is 1. The van der Waals surface area contributed by atoms with Crippen LogP contribution in [0.2, 0.25) is 0 Å². The summed E-state index contributed by atoms with van der Waals surface area (Å²) in [4.78, 5) is 27.1. The van der Waals surface area contributed by atoms with Crippen LogP contribution in [0.1, 0.15) is 29.4 Å². The highest BCUT2D eigenvalue weighted by Gasteiger charge is 2.31. The molecule has 2 heterocycles. The molecule has 0 aromatic carbocycles. The normalized spacial score (nSPS) is 19.6. The number of carbonyl (C=O) groups excluding carboxylic acids is 2. The fourth-order valence-corrected chi connectivity index (χ4v) is 3.88. The number of nitrogens with zero attached hydrogens (tertiary/aromatic N) is 1. The summed E-state index contributed by atoms with van der Waals surface area (Å²) in [7, 11) is 1.89. The fourth-order valence-electron chi connectivity index (χ4n) is 2.59. The Morgan fingerprint density at radius 2 is 2.29 bits per heavy atom. The van der Waals surface area contributed by atoms with Gasteiger partial charge in [-0.25, -0.2) is 0 Å². The Balaban J connectivity index is 1.94. The summed E-state index contributed by atoms with van der Waals surface area (Å²) in [6.45, 7) is 3.32. The molecular formula is C14H20BrN3O2S. The molecule has 1 aromatic rings. The molecule has 2 atom stereocenters. The molecule has 5 nitrogen and oxygen atoms in total. The van der Waals surface area contributed by atoms with E-state index < -0.39 is 6.04 Å². The van der Waals surface area contributed by atoms with Crippen molar-refractivity contribution < 1.29 is 9.59 Å². The molecule has 116 valence electrons. The van der Waals surface area contributed by atoms with E-state index in [1.54, 1.807) is 13.0 Å². The van der Waals surface area contributed by atoms with Gasteiger partial charge in [0, 0.05) is 19.1 Å². The Kier molecular flexibility index (Phi) is 5.78.